The monoisotopic (exact) mass is 376 g/mol. The molecule has 1 saturated carbocycles. The summed E-state index contributed by atoms with van der Waals surface area (Å²) < 4.78 is 45.5. The molecule has 0 atom stereocenters. The molecule has 0 amide bonds. The molecule has 3 rings (SSSR count). The number of hydrogen-bond donors (Lipinski definition) is 0. The molecule has 2 aromatic carbocycles. The molecular formula is C23H27F3O. The molecule has 4 heteroatoms. The van der Waals surface area contributed by atoms with Crippen molar-refractivity contribution < 1.29 is 17.9 Å². The third-order valence-electron chi connectivity index (χ3n) is 5.67. The average Bonchev–Trinajstić information content (AvgIpc) is 2.71. The Balaban J connectivity index is 1.53. The van der Waals surface area contributed by atoms with Crippen LogP contribution in [0.1, 0.15) is 68.9 Å². The first-order chi connectivity index (χ1) is 13.1. The van der Waals surface area contributed by atoms with Crippen LogP contribution in [0, 0.1) is 23.4 Å². The Labute approximate surface area is 159 Å². The Bertz CT molecular complexity index is 734. The zero-order valence-electron chi connectivity index (χ0n) is 15.8. The van der Waals surface area contributed by atoms with Gasteiger partial charge in [0, 0.05) is 5.56 Å². The van der Waals surface area contributed by atoms with Crippen molar-refractivity contribution in [3.63, 3.8) is 0 Å². The van der Waals surface area contributed by atoms with Crippen LogP contribution >= 0.6 is 0 Å². The molecule has 0 saturated heterocycles. The number of rotatable bonds is 7. The van der Waals surface area contributed by atoms with Gasteiger partial charge < -0.3 is 4.74 Å². The fraction of sp³-hybridized carbons (Fsp3) is 0.478. The highest BCUT2D eigenvalue weighted by atomic mass is 19.2. The van der Waals surface area contributed by atoms with Crippen molar-refractivity contribution in [1.29, 1.82) is 0 Å². The van der Waals surface area contributed by atoms with Crippen molar-refractivity contribution in [2.24, 2.45) is 5.92 Å². The molecule has 1 aliphatic carbocycles. The molecule has 0 aromatic heterocycles. The van der Waals surface area contributed by atoms with Gasteiger partial charge in [-0.25, -0.2) is 13.2 Å². The molecule has 0 unspecified atom stereocenters. The first-order valence-corrected chi connectivity index (χ1v) is 9.93. The maximum absolute atomic E-state index is 13.7. The second-order valence-electron chi connectivity index (χ2n) is 7.55. The van der Waals surface area contributed by atoms with Crippen LogP contribution < -0.4 is 4.74 Å². The molecule has 0 aliphatic heterocycles. The van der Waals surface area contributed by atoms with Crippen molar-refractivity contribution in [2.75, 3.05) is 0 Å². The Kier molecular flexibility index (Phi) is 6.81. The lowest BCUT2D eigenvalue weighted by Gasteiger charge is -2.28. The van der Waals surface area contributed by atoms with E-state index >= 15 is 0 Å². The van der Waals surface area contributed by atoms with E-state index in [2.05, 4.69) is 19.1 Å². The summed E-state index contributed by atoms with van der Waals surface area (Å²) in [5, 5.41) is 0. The summed E-state index contributed by atoms with van der Waals surface area (Å²) in [6.07, 6.45) is 9.03. The summed E-state index contributed by atoms with van der Waals surface area (Å²) in [7, 11) is 0. The van der Waals surface area contributed by atoms with Crippen LogP contribution in [-0.4, -0.2) is 0 Å². The number of ether oxygens (including phenoxy) is 1. The number of unbranched alkanes of at least 4 members (excludes halogenated alkanes) is 1. The molecule has 0 heterocycles. The smallest absolute Gasteiger partial charge is 0.194 e. The minimum absolute atomic E-state index is 0.00313. The zero-order valence-corrected chi connectivity index (χ0v) is 15.8. The van der Waals surface area contributed by atoms with Gasteiger partial charge in [-0.2, -0.15) is 0 Å². The summed E-state index contributed by atoms with van der Waals surface area (Å²) in [5.41, 5.74) is 1.32. The lowest BCUT2D eigenvalue weighted by Crippen LogP contribution is -2.13. The Morgan fingerprint density at radius 1 is 0.889 bits per heavy atom. The standard InChI is InChI=1S/C23H27F3O/c1-2-3-4-16-5-7-17(8-6-16)18-9-12-20(13-10-18)27-15-19-11-14-21(24)23(26)22(19)25/h9-14,16-17H,2-8,15H2,1H3. The van der Waals surface area contributed by atoms with Crippen molar-refractivity contribution in [1.82, 2.24) is 0 Å². The van der Waals surface area contributed by atoms with Gasteiger partial charge in [-0.05, 0) is 67.3 Å². The van der Waals surface area contributed by atoms with E-state index in [1.165, 1.54) is 56.6 Å². The van der Waals surface area contributed by atoms with Crippen molar-refractivity contribution in [2.45, 2.75) is 64.4 Å². The fourth-order valence-corrected chi connectivity index (χ4v) is 3.95. The Morgan fingerprint density at radius 3 is 2.26 bits per heavy atom. The lowest BCUT2D eigenvalue weighted by molar-refractivity contribution is 0.294. The van der Waals surface area contributed by atoms with E-state index in [-0.39, 0.29) is 12.2 Å². The SMILES string of the molecule is CCCCC1CCC(c2ccc(OCc3ccc(F)c(F)c3F)cc2)CC1. The van der Waals surface area contributed by atoms with Gasteiger partial charge in [-0.1, -0.05) is 38.3 Å². The predicted molar refractivity (Wildman–Crippen MR) is 101 cm³/mol. The van der Waals surface area contributed by atoms with E-state index in [0.29, 0.717) is 11.7 Å². The summed E-state index contributed by atoms with van der Waals surface area (Å²) in [4.78, 5) is 0. The quantitative estimate of drug-likeness (QED) is 0.466. The van der Waals surface area contributed by atoms with Gasteiger partial charge in [-0.3, -0.25) is 0 Å². The van der Waals surface area contributed by atoms with Gasteiger partial charge in [0.2, 0.25) is 0 Å². The van der Waals surface area contributed by atoms with Crippen LogP contribution in [-0.2, 0) is 6.61 Å². The van der Waals surface area contributed by atoms with Crippen LogP contribution in [0.3, 0.4) is 0 Å². The molecule has 1 nitrogen and oxygen atoms in total. The third-order valence-corrected chi connectivity index (χ3v) is 5.67. The third kappa shape index (κ3) is 5.06. The van der Waals surface area contributed by atoms with E-state index in [1.54, 1.807) is 0 Å². The fourth-order valence-electron chi connectivity index (χ4n) is 3.95. The van der Waals surface area contributed by atoms with Gasteiger partial charge in [0.15, 0.2) is 17.5 Å². The normalized spacial score (nSPS) is 19.9. The van der Waals surface area contributed by atoms with Gasteiger partial charge in [-0.15, -0.1) is 0 Å². The highest BCUT2D eigenvalue weighted by Gasteiger charge is 2.22. The number of hydrogen-bond acceptors (Lipinski definition) is 1. The molecule has 0 N–H and O–H groups in total. The molecule has 0 bridgehead atoms. The van der Waals surface area contributed by atoms with Crippen LogP contribution in [0.4, 0.5) is 13.2 Å². The minimum Gasteiger partial charge on any atom is -0.489 e. The van der Waals surface area contributed by atoms with Gasteiger partial charge in [0.1, 0.15) is 12.4 Å². The van der Waals surface area contributed by atoms with E-state index in [9.17, 15) is 13.2 Å². The topological polar surface area (TPSA) is 9.23 Å². The lowest BCUT2D eigenvalue weighted by atomic mass is 9.77. The average molecular weight is 376 g/mol. The van der Waals surface area contributed by atoms with Gasteiger partial charge >= 0.3 is 0 Å². The van der Waals surface area contributed by atoms with E-state index < -0.39 is 17.5 Å². The van der Waals surface area contributed by atoms with Crippen molar-refractivity contribution in [3.8, 4) is 5.75 Å². The maximum Gasteiger partial charge on any atom is 0.194 e. The largest absolute Gasteiger partial charge is 0.489 e. The molecule has 0 radical (unpaired) electrons. The molecular weight excluding hydrogens is 349 g/mol. The summed E-state index contributed by atoms with van der Waals surface area (Å²) in [5.74, 6) is -1.76. The van der Waals surface area contributed by atoms with E-state index in [1.807, 2.05) is 12.1 Å². The van der Waals surface area contributed by atoms with Crippen LogP contribution in [0.25, 0.3) is 0 Å². The molecule has 1 fully saturated rings. The van der Waals surface area contributed by atoms with Crippen LogP contribution in [0.5, 0.6) is 5.75 Å². The minimum atomic E-state index is -1.46. The van der Waals surface area contributed by atoms with Crippen molar-refractivity contribution >= 4 is 0 Å². The molecule has 0 spiro atoms. The summed E-state index contributed by atoms with van der Waals surface area (Å²) in [6, 6.07) is 9.99. The highest BCUT2D eigenvalue weighted by Crippen LogP contribution is 2.38. The molecule has 1 aliphatic rings. The number of halogens is 3. The van der Waals surface area contributed by atoms with Gasteiger partial charge in [0.05, 0.1) is 0 Å². The Morgan fingerprint density at radius 2 is 1.59 bits per heavy atom. The zero-order chi connectivity index (χ0) is 19.2. The first kappa shape index (κ1) is 19.8. The predicted octanol–water partition coefficient (Wildman–Crippen LogP) is 7.15. The van der Waals surface area contributed by atoms with Crippen molar-refractivity contribution in [3.05, 3.63) is 65.0 Å². The van der Waals surface area contributed by atoms with Crippen LogP contribution in [0.2, 0.25) is 0 Å². The Hall–Kier alpha value is -1.97. The highest BCUT2D eigenvalue weighted by molar-refractivity contribution is 5.30. The second kappa shape index (κ2) is 9.29. The maximum atomic E-state index is 13.7. The van der Waals surface area contributed by atoms with Crippen LogP contribution in [0.15, 0.2) is 36.4 Å². The number of benzene rings is 2. The molecule has 27 heavy (non-hydrogen) atoms. The second-order valence-corrected chi connectivity index (χ2v) is 7.55. The first-order valence-electron chi connectivity index (χ1n) is 9.93. The van der Waals surface area contributed by atoms with E-state index in [4.69, 9.17) is 4.74 Å². The summed E-state index contributed by atoms with van der Waals surface area (Å²) in [6.45, 7) is 2.11. The molecule has 2 aromatic rings. The molecule has 146 valence electrons. The summed E-state index contributed by atoms with van der Waals surface area (Å²) >= 11 is 0. The van der Waals surface area contributed by atoms with Gasteiger partial charge in [0.25, 0.3) is 0 Å². The van der Waals surface area contributed by atoms with E-state index in [0.717, 1.165) is 12.0 Å².